The smallest absolute Gasteiger partial charge is 0.272 e. The van der Waals surface area contributed by atoms with E-state index in [9.17, 15) is 19.2 Å². The van der Waals surface area contributed by atoms with E-state index in [1.165, 1.54) is 22.7 Å². The minimum Gasteiger partial charge on any atom is -0.321 e. The van der Waals surface area contributed by atoms with Gasteiger partial charge in [-0.15, -0.1) is 11.8 Å². The third-order valence-electron chi connectivity index (χ3n) is 7.46. The first kappa shape index (κ1) is 34.3. The van der Waals surface area contributed by atoms with Crippen molar-refractivity contribution in [1.29, 1.82) is 0 Å². The van der Waals surface area contributed by atoms with E-state index >= 15 is 0 Å². The first-order chi connectivity index (χ1) is 24.2. The van der Waals surface area contributed by atoms with Crippen LogP contribution < -0.4 is 15.5 Å². The zero-order valence-electron chi connectivity index (χ0n) is 26.1. The second-order valence-corrected chi connectivity index (χ2v) is 13.0. The first-order valence-electron chi connectivity index (χ1n) is 15.3. The molecule has 1 heterocycles. The van der Waals surface area contributed by atoms with Crippen LogP contribution in [0.2, 0.25) is 10.0 Å². The Morgan fingerprint density at radius 2 is 1.34 bits per heavy atom. The average Bonchev–Trinajstić information content (AvgIpc) is 3.41. The summed E-state index contributed by atoms with van der Waals surface area (Å²) in [5, 5.41) is 13.8. The maximum absolute atomic E-state index is 13.5. The Balaban J connectivity index is 1.11. The third kappa shape index (κ3) is 8.35. The lowest BCUT2D eigenvalue weighted by Gasteiger charge is -2.15. The summed E-state index contributed by atoms with van der Waals surface area (Å²) in [4.78, 5) is 54.6. The highest BCUT2D eigenvalue weighted by Gasteiger charge is 2.40. The molecule has 0 saturated carbocycles. The quantitative estimate of drug-likeness (QED) is 0.0847. The fraction of sp³-hybridized carbons (Fsp3) is 0.0526. The highest BCUT2D eigenvalue weighted by molar-refractivity contribution is 8.00. The molecule has 4 amide bonds. The lowest BCUT2D eigenvalue weighted by Crippen LogP contribution is -2.31. The largest absolute Gasteiger partial charge is 0.321 e. The Labute approximate surface area is 302 Å². The van der Waals surface area contributed by atoms with E-state index in [2.05, 4.69) is 20.9 Å². The van der Waals surface area contributed by atoms with E-state index < -0.39 is 17.1 Å². The number of nitrogens with one attached hydrogen (secondary N) is 2. The molecule has 9 nitrogen and oxygen atoms in total. The molecule has 5 aromatic rings. The van der Waals surface area contributed by atoms with Crippen LogP contribution in [0, 0.1) is 0 Å². The van der Waals surface area contributed by atoms with Gasteiger partial charge in [-0.05, 0) is 91.0 Å². The third-order valence-corrected chi connectivity index (χ3v) is 9.31. The number of hydrogen-bond donors (Lipinski definition) is 2. The van der Waals surface area contributed by atoms with Gasteiger partial charge in [0.25, 0.3) is 11.8 Å². The van der Waals surface area contributed by atoms with Gasteiger partial charge in [0.05, 0.1) is 22.3 Å². The van der Waals surface area contributed by atoms with Crippen molar-refractivity contribution in [2.75, 3.05) is 10.2 Å². The van der Waals surface area contributed by atoms with Gasteiger partial charge in [-0.3, -0.25) is 19.2 Å². The molecule has 0 bridgehead atoms. The van der Waals surface area contributed by atoms with Crippen molar-refractivity contribution < 1.29 is 19.2 Å². The van der Waals surface area contributed by atoms with Gasteiger partial charge >= 0.3 is 0 Å². The van der Waals surface area contributed by atoms with Crippen LogP contribution in [-0.4, -0.2) is 28.9 Å². The number of anilines is 2. The van der Waals surface area contributed by atoms with Crippen molar-refractivity contribution in [3.05, 3.63) is 154 Å². The van der Waals surface area contributed by atoms with Crippen molar-refractivity contribution in [2.45, 2.75) is 16.6 Å². The van der Waals surface area contributed by atoms with Crippen LogP contribution in [0.5, 0.6) is 0 Å². The predicted octanol–water partition coefficient (Wildman–Crippen LogP) is 9.24. The van der Waals surface area contributed by atoms with E-state index in [0.717, 1.165) is 4.90 Å². The van der Waals surface area contributed by atoms with Crippen LogP contribution in [0.3, 0.4) is 0 Å². The number of rotatable bonds is 10. The van der Waals surface area contributed by atoms with E-state index in [-0.39, 0.29) is 23.9 Å². The second kappa shape index (κ2) is 15.8. The number of carbonyl (C=O) groups excluding carboxylic acids is 4. The monoisotopic (exact) mass is 719 g/mol. The number of amides is 4. The van der Waals surface area contributed by atoms with Crippen LogP contribution >= 0.6 is 35.0 Å². The van der Waals surface area contributed by atoms with Crippen molar-refractivity contribution in [2.24, 2.45) is 10.2 Å². The van der Waals surface area contributed by atoms with Gasteiger partial charge in [0, 0.05) is 38.2 Å². The fourth-order valence-corrected chi connectivity index (χ4v) is 6.52. The minimum absolute atomic E-state index is 0.0390. The molecule has 1 atom stereocenters. The van der Waals surface area contributed by atoms with Crippen molar-refractivity contribution in [1.82, 2.24) is 5.32 Å². The van der Waals surface area contributed by atoms with E-state index in [4.69, 9.17) is 23.2 Å². The maximum atomic E-state index is 13.5. The molecule has 0 spiro atoms. The van der Waals surface area contributed by atoms with Gasteiger partial charge < -0.3 is 10.6 Å². The summed E-state index contributed by atoms with van der Waals surface area (Å²) in [5.74, 6) is -1.72. The molecule has 0 aromatic heterocycles. The molecule has 6 rings (SSSR count). The Morgan fingerprint density at radius 3 is 1.98 bits per heavy atom. The molecule has 1 saturated heterocycles. The molecule has 12 heteroatoms. The number of carbonyl (C=O) groups is 4. The highest BCUT2D eigenvalue weighted by atomic mass is 35.5. The molecule has 0 aliphatic carbocycles. The number of benzene rings is 5. The zero-order valence-corrected chi connectivity index (χ0v) is 28.5. The summed E-state index contributed by atoms with van der Waals surface area (Å²) in [6.45, 7) is 0. The number of azo groups is 1. The molecule has 1 aliphatic heterocycles. The molecular formula is C38H27Cl2N5O4S. The molecular weight excluding hydrogens is 693 g/mol. The standard InChI is InChI=1S/C38H27Cl2N5O4S/c39-31-12-7-13-32(40)30(31)22-33(42-36(47)24-8-3-1-4-9-24)37(48)41-25-16-20-29(21-17-25)50-34-23-35(46)45(38(34)49)28-18-14-27(15-19-28)44-43-26-10-5-2-6-11-26/h1-22,34H,23H2,(H,41,48)(H,42,47)/b33-22-,44-43?. The normalized spacial score (nSPS) is 14.6. The SMILES string of the molecule is O=C(Nc1ccc(SC2CC(=O)N(c3ccc(N=Nc4ccccc4)cc3)C2=O)cc1)/C(=C/c1c(Cl)cccc1Cl)NC(=O)c1ccccc1. The molecule has 50 heavy (non-hydrogen) atoms. The first-order valence-corrected chi connectivity index (χ1v) is 16.9. The predicted molar refractivity (Wildman–Crippen MR) is 197 cm³/mol. The van der Waals surface area contributed by atoms with E-state index in [1.54, 1.807) is 97.1 Å². The van der Waals surface area contributed by atoms with Crippen LogP contribution in [0.4, 0.5) is 22.7 Å². The van der Waals surface area contributed by atoms with Crippen molar-refractivity contribution in [3.8, 4) is 0 Å². The van der Waals surface area contributed by atoms with Gasteiger partial charge in [0.15, 0.2) is 0 Å². The maximum Gasteiger partial charge on any atom is 0.272 e. The Bertz CT molecular complexity index is 2090. The summed E-state index contributed by atoms with van der Waals surface area (Å²) >= 11 is 14.0. The highest BCUT2D eigenvalue weighted by Crippen LogP contribution is 2.35. The summed E-state index contributed by atoms with van der Waals surface area (Å²) in [6.07, 6.45) is 1.46. The molecule has 1 fully saturated rings. The van der Waals surface area contributed by atoms with Crippen molar-refractivity contribution >= 4 is 87.4 Å². The summed E-state index contributed by atoms with van der Waals surface area (Å²) < 4.78 is 0. The molecule has 1 unspecified atom stereocenters. The topological polar surface area (TPSA) is 120 Å². The number of thioether (sulfide) groups is 1. The van der Waals surface area contributed by atoms with Gasteiger partial charge in [0.1, 0.15) is 5.70 Å². The lowest BCUT2D eigenvalue weighted by atomic mass is 10.1. The van der Waals surface area contributed by atoms with Gasteiger partial charge in [0.2, 0.25) is 11.8 Å². The summed E-state index contributed by atoms with van der Waals surface area (Å²) in [6, 6.07) is 36.3. The van der Waals surface area contributed by atoms with Crippen LogP contribution in [0.15, 0.2) is 148 Å². The Morgan fingerprint density at radius 1 is 0.740 bits per heavy atom. The second-order valence-electron chi connectivity index (χ2n) is 10.9. The molecule has 2 N–H and O–H groups in total. The number of nitrogens with zero attached hydrogens (tertiary/aromatic N) is 3. The van der Waals surface area contributed by atoms with E-state index in [1.807, 2.05) is 30.3 Å². The molecule has 248 valence electrons. The van der Waals surface area contributed by atoms with Crippen LogP contribution in [0.25, 0.3) is 6.08 Å². The van der Waals surface area contributed by atoms with Gasteiger partial charge in [-0.1, -0.05) is 65.7 Å². The molecule has 0 radical (unpaired) electrons. The average molecular weight is 721 g/mol. The van der Waals surface area contributed by atoms with Crippen molar-refractivity contribution in [3.63, 3.8) is 0 Å². The minimum atomic E-state index is -0.622. The fourth-order valence-electron chi connectivity index (χ4n) is 4.96. The molecule has 1 aliphatic rings. The van der Waals surface area contributed by atoms with E-state index in [0.29, 0.717) is 43.9 Å². The van der Waals surface area contributed by atoms with Crippen LogP contribution in [0.1, 0.15) is 22.3 Å². The Kier molecular flexibility index (Phi) is 10.8. The summed E-state index contributed by atoms with van der Waals surface area (Å²) in [5.41, 5.74) is 2.85. The van der Waals surface area contributed by atoms with Gasteiger partial charge in [-0.25, -0.2) is 4.90 Å². The number of imide groups is 1. The Hall–Kier alpha value is -5.55. The zero-order chi connectivity index (χ0) is 35.0. The lowest BCUT2D eigenvalue weighted by molar-refractivity contribution is -0.121. The number of hydrogen-bond acceptors (Lipinski definition) is 7. The van der Waals surface area contributed by atoms with Gasteiger partial charge in [-0.2, -0.15) is 10.2 Å². The summed E-state index contributed by atoms with van der Waals surface area (Å²) in [7, 11) is 0. The van der Waals surface area contributed by atoms with Crippen LogP contribution in [-0.2, 0) is 14.4 Å². The number of halogens is 2. The molecule has 5 aromatic carbocycles.